The zero-order valence-corrected chi connectivity index (χ0v) is 21.6. The molecule has 8 heteroatoms. The molecule has 0 aliphatic carbocycles. The summed E-state index contributed by atoms with van der Waals surface area (Å²) >= 11 is 2.55. The number of Topliss-reactive ketones (excluding diaryl/α,β-unsaturated/α-hetero) is 1. The number of ether oxygens (including phenoxy) is 1. The molecule has 6 nitrogen and oxygen atoms in total. The number of carbonyl (C=O) groups excluding carboxylic acids is 2. The van der Waals surface area contributed by atoms with Crippen molar-refractivity contribution in [3.8, 4) is 5.75 Å². The summed E-state index contributed by atoms with van der Waals surface area (Å²) in [5.74, 6) is 0.698. The lowest BCUT2D eigenvalue weighted by Gasteiger charge is -2.07. The molecule has 1 heterocycles. The highest BCUT2D eigenvalue weighted by Gasteiger charge is 2.13. The molecular formula is C28H27N3O3S2. The van der Waals surface area contributed by atoms with Crippen LogP contribution in [0.4, 0.5) is 5.13 Å². The van der Waals surface area contributed by atoms with E-state index in [0.29, 0.717) is 33.0 Å². The predicted octanol–water partition coefficient (Wildman–Crippen LogP) is 6.69. The van der Waals surface area contributed by atoms with Gasteiger partial charge in [-0.3, -0.25) is 14.9 Å². The topological polar surface area (TPSA) is 81.2 Å². The first-order valence-corrected chi connectivity index (χ1v) is 13.6. The molecule has 0 fully saturated rings. The third-order valence-electron chi connectivity index (χ3n) is 5.41. The van der Waals surface area contributed by atoms with E-state index in [-0.39, 0.29) is 17.4 Å². The van der Waals surface area contributed by atoms with Gasteiger partial charge >= 0.3 is 0 Å². The lowest BCUT2D eigenvalue weighted by atomic mass is 10.1. The van der Waals surface area contributed by atoms with Crippen LogP contribution in [0, 0.1) is 0 Å². The maximum absolute atomic E-state index is 12.6. The maximum Gasteiger partial charge on any atom is 0.257 e. The van der Waals surface area contributed by atoms with Crippen molar-refractivity contribution in [3.05, 3.63) is 101 Å². The number of unbranched alkanes of at least 4 members (excludes halogenated alkanes) is 1. The number of hydrogen-bond donors (Lipinski definition) is 1. The third kappa shape index (κ3) is 7.50. The predicted molar refractivity (Wildman–Crippen MR) is 145 cm³/mol. The number of aromatic nitrogens is 2. The summed E-state index contributed by atoms with van der Waals surface area (Å²) in [5.41, 5.74) is 3.49. The van der Waals surface area contributed by atoms with E-state index in [1.165, 1.54) is 28.7 Å². The van der Waals surface area contributed by atoms with E-state index in [1.807, 2.05) is 54.6 Å². The summed E-state index contributed by atoms with van der Waals surface area (Å²) in [6, 6.07) is 24.7. The molecule has 0 atom stereocenters. The second-order valence-corrected chi connectivity index (χ2v) is 10.3. The lowest BCUT2D eigenvalue weighted by molar-refractivity contribution is 0.101. The molecule has 0 unspecified atom stereocenters. The molecule has 0 bridgehead atoms. The van der Waals surface area contributed by atoms with Gasteiger partial charge in [-0.25, -0.2) is 0 Å². The summed E-state index contributed by atoms with van der Waals surface area (Å²) in [7, 11) is 0. The number of benzene rings is 3. The van der Waals surface area contributed by atoms with E-state index in [1.54, 1.807) is 24.3 Å². The molecule has 0 saturated heterocycles. The highest BCUT2D eigenvalue weighted by Crippen LogP contribution is 2.27. The first-order chi connectivity index (χ1) is 17.6. The fraction of sp³-hybridized carbons (Fsp3) is 0.214. The van der Waals surface area contributed by atoms with Gasteiger partial charge in [0.2, 0.25) is 5.13 Å². The van der Waals surface area contributed by atoms with Gasteiger partial charge < -0.3 is 4.74 Å². The van der Waals surface area contributed by atoms with Crippen molar-refractivity contribution >= 4 is 39.9 Å². The summed E-state index contributed by atoms with van der Waals surface area (Å²) in [5, 5.41) is 11.3. The number of amides is 1. The third-order valence-corrected chi connectivity index (χ3v) is 7.39. The van der Waals surface area contributed by atoms with E-state index in [0.717, 1.165) is 24.8 Å². The number of rotatable bonds is 12. The summed E-state index contributed by atoms with van der Waals surface area (Å²) in [6.45, 7) is 2.64. The van der Waals surface area contributed by atoms with Gasteiger partial charge in [0.15, 0.2) is 10.1 Å². The van der Waals surface area contributed by atoms with Crippen molar-refractivity contribution in [1.82, 2.24) is 10.2 Å². The normalized spacial score (nSPS) is 10.7. The molecule has 1 N–H and O–H groups in total. The van der Waals surface area contributed by atoms with Crippen LogP contribution in [-0.2, 0) is 13.0 Å². The smallest absolute Gasteiger partial charge is 0.257 e. The molecule has 0 aliphatic heterocycles. The maximum atomic E-state index is 12.6. The Bertz CT molecular complexity index is 1270. The second kappa shape index (κ2) is 13.0. The monoisotopic (exact) mass is 517 g/mol. The largest absolute Gasteiger partial charge is 0.489 e. The van der Waals surface area contributed by atoms with Gasteiger partial charge in [-0.1, -0.05) is 78.9 Å². The van der Waals surface area contributed by atoms with E-state index in [4.69, 9.17) is 4.74 Å². The molecule has 1 aromatic heterocycles. The molecule has 3 aromatic carbocycles. The average molecular weight is 518 g/mol. The van der Waals surface area contributed by atoms with Crippen LogP contribution in [-0.4, -0.2) is 27.6 Å². The van der Waals surface area contributed by atoms with Crippen molar-refractivity contribution in [1.29, 1.82) is 0 Å². The highest BCUT2D eigenvalue weighted by atomic mass is 32.2. The minimum Gasteiger partial charge on any atom is -0.489 e. The van der Waals surface area contributed by atoms with E-state index < -0.39 is 0 Å². The van der Waals surface area contributed by atoms with Gasteiger partial charge in [-0.15, -0.1) is 10.2 Å². The number of aryl methyl sites for hydroxylation is 1. The van der Waals surface area contributed by atoms with Crippen molar-refractivity contribution in [2.45, 2.75) is 37.1 Å². The fourth-order valence-electron chi connectivity index (χ4n) is 3.38. The Morgan fingerprint density at radius 1 is 0.889 bits per heavy atom. The quantitative estimate of drug-likeness (QED) is 0.128. The van der Waals surface area contributed by atoms with Gasteiger partial charge in [0.05, 0.1) is 5.75 Å². The number of hydrogen-bond acceptors (Lipinski definition) is 7. The Labute approximate surface area is 219 Å². The average Bonchev–Trinajstić information content (AvgIpc) is 3.37. The molecule has 4 aromatic rings. The molecule has 0 aliphatic rings. The van der Waals surface area contributed by atoms with Gasteiger partial charge in [-0.05, 0) is 60.4 Å². The highest BCUT2D eigenvalue weighted by molar-refractivity contribution is 8.01. The van der Waals surface area contributed by atoms with Crippen LogP contribution in [0.2, 0.25) is 0 Å². The zero-order valence-electron chi connectivity index (χ0n) is 20.0. The molecule has 0 spiro atoms. The molecule has 0 saturated carbocycles. The van der Waals surface area contributed by atoms with Crippen molar-refractivity contribution in [2.75, 3.05) is 11.1 Å². The van der Waals surface area contributed by atoms with Gasteiger partial charge in [0, 0.05) is 11.1 Å². The lowest BCUT2D eigenvalue weighted by Crippen LogP contribution is -2.11. The second-order valence-electron chi connectivity index (χ2n) is 8.14. The van der Waals surface area contributed by atoms with Crippen molar-refractivity contribution in [3.63, 3.8) is 0 Å². The molecule has 36 heavy (non-hydrogen) atoms. The molecule has 1 amide bonds. The van der Waals surface area contributed by atoms with E-state index >= 15 is 0 Å². The number of nitrogens with zero attached hydrogens (tertiary/aromatic N) is 2. The van der Waals surface area contributed by atoms with E-state index in [2.05, 4.69) is 22.4 Å². The van der Waals surface area contributed by atoms with Crippen LogP contribution in [0.5, 0.6) is 5.75 Å². The van der Waals surface area contributed by atoms with Gasteiger partial charge in [-0.2, -0.15) is 0 Å². The Morgan fingerprint density at radius 2 is 1.61 bits per heavy atom. The SMILES string of the molecule is CCCCc1ccc(C(=O)Nc2nnc(SCC(=O)c3ccc(OCc4ccccc4)cc3)s2)cc1. The molecular weight excluding hydrogens is 490 g/mol. The molecule has 0 radical (unpaired) electrons. The van der Waals surface area contributed by atoms with Gasteiger partial charge in [0.1, 0.15) is 12.4 Å². The van der Waals surface area contributed by atoms with Crippen LogP contribution >= 0.6 is 23.1 Å². The van der Waals surface area contributed by atoms with Crippen LogP contribution in [0.25, 0.3) is 0 Å². The van der Waals surface area contributed by atoms with Crippen LogP contribution in [0.1, 0.15) is 51.6 Å². The number of carbonyl (C=O) groups is 2. The standard InChI is InChI=1S/C28H27N3O3S2/c1-2-3-7-20-10-12-23(13-11-20)26(33)29-27-30-31-28(36-27)35-19-25(32)22-14-16-24(17-15-22)34-18-21-8-5-4-6-9-21/h4-6,8-17H,2-3,7,18-19H2,1H3,(H,29,30,33). The number of nitrogens with one attached hydrogen (secondary N) is 1. The Hall–Kier alpha value is -3.49. The summed E-state index contributed by atoms with van der Waals surface area (Å²) in [4.78, 5) is 25.1. The first-order valence-electron chi connectivity index (χ1n) is 11.8. The number of thioether (sulfide) groups is 1. The van der Waals surface area contributed by atoms with Crippen molar-refractivity contribution < 1.29 is 14.3 Å². The minimum absolute atomic E-state index is 0.0152. The first kappa shape index (κ1) is 25.6. The number of ketones is 1. The van der Waals surface area contributed by atoms with Crippen LogP contribution in [0.3, 0.4) is 0 Å². The Morgan fingerprint density at radius 3 is 2.33 bits per heavy atom. The summed E-state index contributed by atoms with van der Waals surface area (Å²) in [6.07, 6.45) is 3.29. The van der Waals surface area contributed by atoms with Crippen LogP contribution < -0.4 is 10.1 Å². The van der Waals surface area contributed by atoms with Crippen molar-refractivity contribution in [2.24, 2.45) is 0 Å². The zero-order chi connectivity index (χ0) is 25.2. The summed E-state index contributed by atoms with van der Waals surface area (Å²) < 4.78 is 6.40. The van der Waals surface area contributed by atoms with Gasteiger partial charge in [0.25, 0.3) is 5.91 Å². The minimum atomic E-state index is -0.226. The Kier molecular flexibility index (Phi) is 9.24. The molecule has 184 valence electrons. The van der Waals surface area contributed by atoms with E-state index in [9.17, 15) is 9.59 Å². The number of anilines is 1. The van der Waals surface area contributed by atoms with Crippen LogP contribution in [0.15, 0.2) is 83.2 Å². The Balaban J connectivity index is 1.24. The molecule has 4 rings (SSSR count). The fourth-order valence-corrected chi connectivity index (χ4v) is 5.02.